The molecular weight excluding hydrogens is 450 g/mol. The Hall–Kier alpha value is -3.59. The maximum atomic E-state index is 12.8. The molecule has 0 aliphatic carbocycles. The number of fused-ring (bicyclic) bond motifs is 1. The Balaban J connectivity index is 1.18. The van der Waals surface area contributed by atoms with Crippen LogP contribution in [0.3, 0.4) is 0 Å². The fourth-order valence-electron chi connectivity index (χ4n) is 4.35. The molecule has 0 saturated carbocycles. The summed E-state index contributed by atoms with van der Waals surface area (Å²) in [6.45, 7) is 1.68. The smallest absolute Gasteiger partial charge is 0.261 e. The van der Waals surface area contributed by atoms with Crippen molar-refractivity contribution in [3.8, 4) is 16.3 Å². The normalized spacial score (nSPS) is 14.4. The zero-order valence-corrected chi connectivity index (χ0v) is 19.7. The van der Waals surface area contributed by atoms with Gasteiger partial charge < -0.3 is 9.64 Å². The number of aryl methyl sites for hydroxylation is 1. The molecule has 0 radical (unpaired) electrons. The van der Waals surface area contributed by atoms with Crippen LogP contribution in [0.4, 0.5) is 0 Å². The van der Waals surface area contributed by atoms with Crippen molar-refractivity contribution in [3.05, 3.63) is 70.2 Å². The first kappa shape index (κ1) is 22.2. The lowest BCUT2D eigenvalue weighted by atomic mass is 9.97. The number of methoxy groups -OCH3 is 1. The first-order valence-electron chi connectivity index (χ1n) is 11.3. The molecule has 0 bridgehead atoms. The number of hydrogen-bond donors (Lipinski definition) is 0. The molecule has 1 amide bonds. The Bertz CT molecular complexity index is 1370. The number of piperidine rings is 1. The molecular formula is C25H25N5O3S. The molecule has 0 spiro atoms. The summed E-state index contributed by atoms with van der Waals surface area (Å²) < 4.78 is 6.97. The minimum atomic E-state index is -0.112. The highest BCUT2D eigenvalue weighted by Gasteiger charge is 2.26. The summed E-state index contributed by atoms with van der Waals surface area (Å²) in [6, 6.07) is 15.1. The van der Waals surface area contributed by atoms with Gasteiger partial charge in [0.2, 0.25) is 5.91 Å². The van der Waals surface area contributed by atoms with Crippen LogP contribution in [0.1, 0.15) is 30.2 Å². The zero-order chi connectivity index (χ0) is 23.5. The predicted molar refractivity (Wildman–Crippen MR) is 131 cm³/mol. The van der Waals surface area contributed by atoms with E-state index in [1.807, 2.05) is 47.4 Å². The van der Waals surface area contributed by atoms with Gasteiger partial charge in [0.1, 0.15) is 10.8 Å². The lowest BCUT2D eigenvalue weighted by molar-refractivity contribution is -0.132. The molecule has 8 nitrogen and oxygen atoms in total. The Kier molecular flexibility index (Phi) is 6.35. The number of amides is 1. The number of hydrogen-bond acceptors (Lipinski definition) is 7. The van der Waals surface area contributed by atoms with E-state index in [9.17, 15) is 9.59 Å². The van der Waals surface area contributed by atoms with Crippen molar-refractivity contribution in [1.82, 2.24) is 24.6 Å². The highest BCUT2D eigenvalue weighted by Crippen LogP contribution is 2.36. The summed E-state index contributed by atoms with van der Waals surface area (Å²) in [5, 5.41) is 11.2. The van der Waals surface area contributed by atoms with Crippen molar-refractivity contribution < 1.29 is 9.53 Å². The predicted octanol–water partition coefficient (Wildman–Crippen LogP) is 3.72. The summed E-state index contributed by atoms with van der Waals surface area (Å²) in [4.78, 5) is 31.7. The standard InChI is InChI=1S/C25H25N5O3S/c1-33-21-9-5-3-7-19(21)24-28-27-23(34-24)17-10-13-29(14-11-17)22(31)12-15-30-16-26-20-8-4-2-6-18(20)25(30)32/h2-9,16-17H,10-15H2,1H3. The number of likely N-dealkylation sites (tertiary alicyclic amines) is 1. The molecule has 2 aromatic heterocycles. The van der Waals surface area contributed by atoms with Gasteiger partial charge in [-0.25, -0.2) is 4.98 Å². The molecule has 5 rings (SSSR count). The molecule has 34 heavy (non-hydrogen) atoms. The van der Waals surface area contributed by atoms with Gasteiger partial charge in [-0.15, -0.1) is 10.2 Å². The summed E-state index contributed by atoms with van der Waals surface area (Å²) in [5.74, 6) is 1.13. The van der Waals surface area contributed by atoms with Crippen LogP contribution in [0.2, 0.25) is 0 Å². The van der Waals surface area contributed by atoms with Gasteiger partial charge in [0, 0.05) is 32.0 Å². The zero-order valence-electron chi connectivity index (χ0n) is 18.9. The van der Waals surface area contributed by atoms with Gasteiger partial charge in [0.05, 0.1) is 29.9 Å². The van der Waals surface area contributed by atoms with Crippen molar-refractivity contribution in [3.63, 3.8) is 0 Å². The first-order valence-corrected chi connectivity index (χ1v) is 12.1. The second kappa shape index (κ2) is 9.72. The van der Waals surface area contributed by atoms with E-state index in [-0.39, 0.29) is 23.8 Å². The highest BCUT2D eigenvalue weighted by atomic mass is 32.1. The van der Waals surface area contributed by atoms with Crippen molar-refractivity contribution in [2.75, 3.05) is 20.2 Å². The molecule has 2 aromatic carbocycles. The van der Waals surface area contributed by atoms with Gasteiger partial charge in [-0.1, -0.05) is 35.6 Å². The average Bonchev–Trinajstić information content (AvgIpc) is 3.38. The minimum absolute atomic E-state index is 0.0606. The van der Waals surface area contributed by atoms with Gasteiger partial charge in [-0.05, 0) is 37.1 Å². The summed E-state index contributed by atoms with van der Waals surface area (Å²) in [5.41, 5.74) is 1.50. The number of para-hydroxylation sites is 2. The monoisotopic (exact) mass is 475 g/mol. The van der Waals surface area contributed by atoms with Gasteiger partial charge in [0.25, 0.3) is 5.56 Å². The van der Waals surface area contributed by atoms with Crippen molar-refractivity contribution >= 4 is 28.1 Å². The van der Waals surface area contributed by atoms with E-state index in [4.69, 9.17) is 4.74 Å². The van der Waals surface area contributed by atoms with Crippen LogP contribution in [0, 0.1) is 0 Å². The quantitative estimate of drug-likeness (QED) is 0.422. The van der Waals surface area contributed by atoms with E-state index < -0.39 is 0 Å². The van der Waals surface area contributed by atoms with E-state index in [1.54, 1.807) is 24.5 Å². The third kappa shape index (κ3) is 4.43. The van der Waals surface area contributed by atoms with Gasteiger partial charge >= 0.3 is 0 Å². The number of rotatable bonds is 6. The lowest BCUT2D eigenvalue weighted by Gasteiger charge is -2.31. The summed E-state index contributed by atoms with van der Waals surface area (Å²) >= 11 is 1.59. The van der Waals surface area contributed by atoms with E-state index in [2.05, 4.69) is 15.2 Å². The van der Waals surface area contributed by atoms with Crippen LogP contribution in [-0.2, 0) is 11.3 Å². The largest absolute Gasteiger partial charge is 0.496 e. The maximum absolute atomic E-state index is 12.8. The van der Waals surface area contributed by atoms with E-state index in [1.165, 1.54) is 10.9 Å². The summed E-state index contributed by atoms with van der Waals surface area (Å²) in [7, 11) is 1.65. The minimum Gasteiger partial charge on any atom is -0.496 e. The van der Waals surface area contributed by atoms with Crippen LogP contribution < -0.4 is 10.3 Å². The first-order chi connectivity index (χ1) is 16.6. The Labute approximate surface area is 200 Å². The summed E-state index contributed by atoms with van der Waals surface area (Å²) in [6.07, 6.45) is 3.51. The van der Waals surface area contributed by atoms with Crippen LogP contribution in [0.5, 0.6) is 5.75 Å². The number of benzene rings is 2. The molecule has 1 saturated heterocycles. The van der Waals surface area contributed by atoms with Gasteiger partial charge in [0.15, 0.2) is 5.01 Å². The molecule has 0 atom stereocenters. The van der Waals surface area contributed by atoms with E-state index in [0.717, 1.165) is 34.2 Å². The number of aromatic nitrogens is 4. The third-order valence-corrected chi connectivity index (χ3v) is 7.39. The second-order valence-electron chi connectivity index (χ2n) is 8.31. The molecule has 3 heterocycles. The SMILES string of the molecule is COc1ccccc1-c1nnc(C2CCN(C(=O)CCn3cnc4ccccc4c3=O)CC2)s1. The van der Waals surface area contributed by atoms with Crippen LogP contribution >= 0.6 is 11.3 Å². The molecule has 174 valence electrons. The molecule has 9 heteroatoms. The van der Waals surface area contributed by atoms with Crippen LogP contribution in [0.15, 0.2) is 59.7 Å². The molecule has 1 aliphatic heterocycles. The van der Waals surface area contributed by atoms with Crippen molar-refractivity contribution in [2.24, 2.45) is 0 Å². The molecule has 4 aromatic rings. The molecule has 0 unspecified atom stereocenters. The fourth-order valence-corrected chi connectivity index (χ4v) is 5.39. The highest BCUT2D eigenvalue weighted by molar-refractivity contribution is 7.14. The fraction of sp³-hybridized carbons (Fsp3) is 0.320. The molecule has 1 aliphatic rings. The van der Waals surface area contributed by atoms with Crippen molar-refractivity contribution in [2.45, 2.75) is 31.7 Å². The number of ether oxygens (including phenoxy) is 1. The van der Waals surface area contributed by atoms with Gasteiger partial charge in [-0.2, -0.15) is 0 Å². The van der Waals surface area contributed by atoms with E-state index in [0.29, 0.717) is 30.5 Å². The van der Waals surface area contributed by atoms with Gasteiger partial charge in [-0.3, -0.25) is 14.2 Å². The average molecular weight is 476 g/mol. The number of nitrogens with zero attached hydrogens (tertiary/aromatic N) is 5. The Morgan fingerprint density at radius 3 is 2.68 bits per heavy atom. The van der Waals surface area contributed by atoms with E-state index >= 15 is 0 Å². The molecule has 1 fully saturated rings. The lowest BCUT2D eigenvalue weighted by Crippen LogP contribution is -2.38. The Morgan fingerprint density at radius 2 is 1.85 bits per heavy atom. The third-order valence-electron chi connectivity index (χ3n) is 6.27. The topological polar surface area (TPSA) is 90.2 Å². The number of carbonyl (C=O) groups is 1. The second-order valence-corrected chi connectivity index (χ2v) is 9.32. The van der Waals surface area contributed by atoms with Crippen LogP contribution in [0.25, 0.3) is 21.5 Å². The number of carbonyl (C=O) groups excluding carboxylic acids is 1. The van der Waals surface area contributed by atoms with Crippen molar-refractivity contribution in [1.29, 1.82) is 0 Å². The Morgan fingerprint density at radius 1 is 1.09 bits per heavy atom. The van der Waals surface area contributed by atoms with Crippen LogP contribution in [-0.4, -0.2) is 50.8 Å². The molecule has 0 N–H and O–H groups in total. The maximum Gasteiger partial charge on any atom is 0.261 e.